The lowest BCUT2D eigenvalue weighted by Crippen LogP contribution is -2.60. The van der Waals surface area contributed by atoms with E-state index in [-0.39, 0.29) is 11.5 Å². The lowest BCUT2D eigenvalue weighted by Gasteiger charge is -2.31. The number of carbonyl (C=O) groups excluding carboxylic acids is 1. The molecule has 1 aromatic heterocycles. The highest BCUT2D eigenvalue weighted by atomic mass is 32.2. The Labute approximate surface area is 185 Å². The van der Waals surface area contributed by atoms with Gasteiger partial charge in [0.05, 0.1) is 11.3 Å². The van der Waals surface area contributed by atoms with Crippen LogP contribution in [0.3, 0.4) is 0 Å². The summed E-state index contributed by atoms with van der Waals surface area (Å²) in [5.74, 6) is -0.115. The molecule has 7 nitrogen and oxygen atoms in total. The highest BCUT2D eigenvalue weighted by Gasteiger charge is 2.44. The smallest absolute Gasteiger partial charge is 0.325 e. The van der Waals surface area contributed by atoms with Crippen LogP contribution in [0.2, 0.25) is 0 Å². The Morgan fingerprint density at radius 2 is 1.84 bits per heavy atom. The molecule has 160 valence electrons. The van der Waals surface area contributed by atoms with Gasteiger partial charge in [-0.15, -0.1) is 0 Å². The van der Waals surface area contributed by atoms with Crippen LogP contribution in [0, 0.1) is 0 Å². The molecule has 0 spiro atoms. The Bertz CT molecular complexity index is 1170. The van der Waals surface area contributed by atoms with Gasteiger partial charge in [0.1, 0.15) is 0 Å². The average Bonchev–Trinajstić information content (AvgIpc) is 2.79. The highest BCUT2D eigenvalue weighted by molar-refractivity contribution is 7.98. The van der Waals surface area contributed by atoms with E-state index in [1.54, 1.807) is 16.5 Å². The first-order valence-corrected chi connectivity index (χ1v) is 11.6. The zero-order valence-electron chi connectivity index (χ0n) is 18.1. The summed E-state index contributed by atoms with van der Waals surface area (Å²) < 4.78 is 1.68. The first kappa shape index (κ1) is 21.1. The Morgan fingerprint density at radius 3 is 2.45 bits per heavy atom. The average molecular weight is 437 g/mol. The second kappa shape index (κ2) is 8.55. The van der Waals surface area contributed by atoms with Gasteiger partial charge in [0.15, 0.2) is 0 Å². The van der Waals surface area contributed by atoms with Gasteiger partial charge in [0.25, 0.3) is 6.17 Å². The number of thioether (sulfide) groups is 1. The zero-order chi connectivity index (χ0) is 22.1. The molecular weight excluding hydrogens is 410 g/mol. The summed E-state index contributed by atoms with van der Waals surface area (Å²) in [7, 11) is 0. The third kappa shape index (κ3) is 3.61. The number of anilines is 2. The molecule has 0 bridgehead atoms. The molecule has 1 N–H and O–H groups in total. The van der Waals surface area contributed by atoms with E-state index in [1.807, 2.05) is 42.7 Å². The van der Waals surface area contributed by atoms with Crippen LogP contribution in [0.4, 0.5) is 11.4 Å². The molecule has 1 amide bonds. The van der Waals surface area contributed by atoms with Gasteiger partial charge in [-0.25, -0.2) is 4.90 Å². The second-order valence-electron chi connectivity index (χ2n) is 7.30. The Morgan fingerprint density at radius 1 is 1.16 bits per heavy atom. The van der Waals surface area contributed by atoms with Crippen molar-refractivity contribution in [2.45, 2.75) is 32.1 Å². The molecule has 3 aromatic rings. The van der Waals surface area contributed by atoms with Gasteiger partial charge in [-0.1, -0.05) is 23.9 Å². The summed E-state index contributed by atoms with van der Waals surface area (Å²) in [5, 5.41) is 5.19. The standard InChI is InChI=1S/C23H25N5O2S/c1-5-26(6-2)17-13-11-16(12-14-17)22-27(15(3)29)19-10-8-7-9-18(19)20-21(30)24-23(31-4)25-28(20)22/h7-14,22H,5-6H2,1-4H3/p+1/t22-/m1/s1. The fraction of sp³-hybridized carbons (Fsp3) is 0.304. The van der Waals surface area contributed by atoms with Gasteiger partial charge < -0.3 is 4.90 Å². The molecule has 0 saturated carbocycles. The fourth-order valence-corrected chi connectivity index (χ4v) is 4.52. The largest absolute Gasteiger partial charge is 0.372 e. The molecular formula is C23H26N5O2S+. The third-order valence-electron chi connectivity index (χ3n) is 5.61. The van der Waals surface area contributed by atoms with Crippen molar-refractivity contribution in [1.82, 2.24) is 10.1 Å². The van der Waals surface area contributed by atoms with Crippen molar-refractivity contribution in [3.63, 3.8) is 0 Å². The highest BCUT2D eigenvalue weighted by Crippen LogP contribution is 2.37. The minimum Gasteiger partial charge on any atom is -0.372 e. The van der Waals surface area contributed by atoms with Gasteiger partial charge in [0, 0.05) is 36.4 Å². The van der Waals surface area contributed by atoms with E-state index in [1.165, 1.54) is 11.8 Å². The Balaban J connectivity index is 1.96. The monoisotopic (exact) mass is 436 g/mol. The quantitative estimate of drug-likeness (QED) is 0.491. The van der Waals surface area contributed by atoms with Gasteiger partial charge in [0.2, 0.25) is 11.1 Å². The first-order chi connectivity index (χ1) is 15.0. The molecule has 0 aliphatic carbocycles. The van der Waals surface area contributed by atoms with Crippen molar-refractivity contribution in [3.8, 4) is 11.3 Å². The van der Waals surface area contributed by atoms with E-state index in [0.717, 1.165) is 24.3 Å². The molecule has 31 heavy (non-hydrogen) atoms. The van der Waals surface area contributed by atoms with Gasteiger partial charge in [-0.3, -0.25) is 14.6 Å². The minimum absolute atomic E-state index is 0.115. The van der Waals surface area contributed by atoms with Crippen LogP contribution in [0.15, 0.2) is 58.5 Å². The van der Waals surface area contributed by atoms with Gasteiger partial charge in [-0.05, 0) is 61.2 Å². The van der Waals surface area contributed by atoms with E-state index in [4.69, 9.17) is 5.10 Å². The Hall–Kier alpha value is -3.13. The van der Waals surface area contributed by atoms with Crippen LogP contribution in [0.5, 0.6) is 0 Å². The van der Waals surface area contributed by atoms with Gasteiger partial charge in [-0.2, -0.15) is 0 Å². The fourth-order valence-electron chi connectivity index (χ4n) is 4.15. The summed E-state index contributed by atoms with van der Waals surface area (Å²) >= 11 is 1.36. The van der Waals surface area contributed by atoms with Crippen LogP contribution >= 0.6 is 11.8 Å². The molecule has 2 aromatic carbocycles. The number of hydrogen-bond donors (Lipinski definition) is 1. The van der Waals surface area contributed by atoms with Crippen LogP contribution in [-0.2, 0) is 4.79 Å². The topological polar surface area (TPSA) is 73.2 Å². The van der Waals surface area contributed by atoms with E-state index in [9.17, 15) is 9.59 Å². The third-order valence-corrected chi connectivity index (χ3v) is 6.18. The number of carbonyl (C=O) groups is 1. The molecule has 0 radical (unpaired) electrons. The number of nitrogens with one attached hydrogen (secondary N) is 1. The summed E-state index contributed by atoms with van der Waals surface area (Å²) in [4.78, 5) is 32.7. The number of H-pyrrole nitrogens is 1. The molecule has 0 fully saturated rings. The van der Waals surface area contributed by atoms with Crippen LogP contribution < -0.4 is 20.0 Å². The molecule has 8 heteroatoms. The number of aromatic nitrogens is 3. The predicted molar refractivity (Wildman–Crippen MR) is 124 cm³/mol. The summed E-state index contributed by atoms with van der Waals surface area (Å²) in [5.41, 5.74) is 3.63. The van der Waals surface area contributed by atoms with E-state index >= 15 is 0 Å². The molecule has 0 saturated heterocycles. The first-order valence-electron chi connectivity index (χ1n) is 10.3. The lowest BCUT2D eigenvalue weighted by molar-refractivity contribution is -0.763. The normalized spacial score (nSPS) is 14.7. The molecule has 4 rings (SSSR count). The SMILES string of the molecule is CCN(CC)c1ccc([C@@H]2N(C(C)=O)c3ccccc3-c3c(=O)[nH]c(SC)n[n+]32)cc1. The van der Waals surface area contributed by atoms with Crippen molar-refractivity contribution in [2.24, 2.45) is 0 Å². The minimum atomic E-state index is -0.554. The van der Waals surface area contributed by atoms with Crippen molar-refractivity contribution in [1.29, 1.82) is 0 Å². The summed E-state index contributed by atoms with van der Waals surface area (Å²) in [6.07, 6.45) is 1.31. The van der Waals surface area contributed by atoms with Gasteiger partial charge >= 0.3 is 11.3 Å². The number of para-hydroxylation sites is 1. The Kier molecular flexibility index (Phi) is 5.82. The summed E-state index contributed by atoms with van der Waals surface area (Å²) in [6.45, 7) is 7.62. The second-order valence-corrected chi connectivity index (χ2v) is 8.10. The molecule has 2 heterocycles. The number of nitrogens with zero attached hydrogens (tertiary/aromatic N) is 4. The number of hydrogen-bond acceptors (Lipinski definition) is 5. The number of fused-ring (bicyclic) bond motifs is 3. The van der Waals surface area contributed by atoms with Crippen molar-refractivity contribution >= 4 is 29.0 Å². The molecule has 1 aliphatic rings. The maximum atomic E-state index is 13.0. The van der Waals surface area contributed by atoms with Crippen LogP contribution in [-0.4, -0.2) is 35.3 Å². The molecule has 1 atom stereocenters. The lowest BCUT2D eigenvalue weighted by atomic mass is 10.0. The maximum absolute atomic E-state index is 13.0. The predicted octanol–water partition coefficient (Wildman–Crippen LogP) is 3.21. The van der Waals surface area contributed by atoms with E-state index in [0.29, 0.717) is 22.1 Å². The molecule has 1 aliphatic heterocycles. The summed E-state index contributed by atoms with van der Waals surface area (Å²) in [6, 6.07) is 15.6. The van der Waals surface area contributed by atoms with Crippen molar-refractivity contribution in [2.75, 3.05) is 29.1 Å². The number of amides is 1. The number of aromatic amines is 1. The van der Waals surface area contributed by atoms with E-state index < -0.39 is 6.17 Å². The maximum Gasteiger partial charge on any atom is 0.325 e. The zero-order valence-corrected chi connectivity index (χ0v) is 18.9. The van der Waals surface area contributed by atoms with Crippen molar-refractivity contribution in [3.05, 3.63) is 64.4 Å². The van der Waals surface area contributed by atoms with E-state index in [2.05, 4.69) is 35.9 Å². The number of rotatable bonds is 5. The molecule has 0 unspecified atom stereocenters. The van der Waals surface area contributed by atoms with Crippen molar-refractivity contribution < 1.29 is 9.48 Å². The van der Waals surface area contributed by atoms with Crippen LogP contribution in [0.25, 0.3) is 11.3 Å². The number of benzene rings is 2. The van der Waals surface area contributed by atoms with Crippen LogP contribution in [0.1, 0.15) is 32.5 Å².